The summed E-state index contributed by atoms with van der Waals surface area (Å²) in [5, 5.41) is 13.3. The topological polar surface area (TPSA) is 126 Å². The van der Waals surface area contributed by atoms with Gasteiger partial charge in [-0.3, -0.25) is 14.7 Å². The Labute approximate surface area is 241 Å². The van der Waals surface area contributed by atoms with Crippen molar-refractivity contribution in [3.63, 3.8) is 0 Å². The first-order valence-electron chi connectivity index (χ1n) is 13.9. The van der Waals surface area contributed by atoms with Gasteiger partial charge in [-0.1, -0.05) is 52.8 Å². The van der Waals surface area contributed by atoms with Gasteiger partial charge in [0.25, 0.3) is 11.8 Å². The molecule has 3 aromatic heterocycles. The van der Waals surface area contributed by atoms with Crippen LogP contribution in [-0.2, 0) is 12.8 Å². The number of aromatic amines is 1. The van der Waals surface area contributed by atoms with Crippen molar-refractivity contribution in [2.75, 3.05) is 18.4 Å². The summed E-state index contributed by atoms with van der Waals surface area (Å²) in [6, 6.07) is 15.2. The largest absolute Gasteiger partial charge is 0.350 e. The number of pyridine rings is 1. The number of hydrogen-bond acceptors (Lipinski definition) is 6. The number of aromatic nitrogens is 3. The van der Waals surface area contributed by atoms with Crippen molar-refractivity contribution < 1.29 is 9.59 Å². The first-order valence-corrected chi connectivity index (χ1v) is 14.7. The van der Waals surface area contributed by atoms with E-state index in [9.17, 15) is 9.59 Å². The number of rotatable bonds is 5. The van der Waals surface area contributed by atoms with Gasteiger partial charge in [0.05, 0.1) is 4.88 Å². The molecule has 0 spiro atoms. The Morgan fingerprint density at radius 2 is 1.82 bits per heavy atom. The molecule has 1 aromatic carbocycles. The first-order chi connectivity index (χ1) is 19.1. The molecule has 1 unspecified atom stereocenters. The molecule has 9 heteroatoms. The standard InChI is InChI=1S/C18H25N3OS.C11H11N3O.C2H6/c1-18(2,3)13-4-5-14-11(9-13)8-12-10-15(23-17(12)21-14)16(22)20-7-6-19;1-8-7-10(14-13-8)11(15)12-9-5-3-2-4-6-9;1-2/h8,10,13H,4-7,9,19H2,1-3H3,(H,20,22);2-7H,1H3,(H,12,15)(H,13,14);1-2H3. The number of para-hydroxylation sites is 1. The predicted octanol–water partition coefficient (Wildman–Crippen LogP) is 6.13. The van der Waals surface area contributed by atoms with Crippen LogP contribution in [0.15, 0.2) is 48.5 Å². The second-order valence-corrected chi connectivity index (χ2v) is 11.7. The number of anilines is 1. The van der Waals surface area contributed by atoms with Gasteiger partial charge < -0.3 is 16.4 Å². The van der Waals surface area contributed by atoms with Crippen LogP contribution in [0.4, 0.5) is 5.69 Å². The van der Waals surface area contributed by atoms with Gasteiger partial charge >= 0.3 is 0 Å². The molecular formula is C31H42N6O2S. The second kappa shape index (κ2) is 14.2. The molecular weight excluding hydrogens is 520 g/mol. The molecule has 1 aliphatic rings. The van der Waals surface area contributed by atoms with Gasteiger partial charge in [0.2, 0.25) is 0 Å². The summed E-state index contributed by atoms with van der Waals surface area (Å²) >= 11 is 1.47. The lowest BCUT2D eigenvalue weighted by molar-refractivity contribution is 0.0957. The average Bonchev–Trinajstić information content (AvgIpc) is 3.57. The second-order valence-electron chi connectivity index (χ2n) is 10.7. The minimum atomic E-state index is -0.203. The van der Waals surface area contributed by atoms with Crippen molar-refractivity contribution in [3.8, 4) is 0 Å². The molecule has 40 heavy (non-hydrogen) atoms. The van der Waals surface area contributed by atoms with Gasteiger partial charge in [0.15, 0.2) is 5.69 Å². The van der Waals surface area contributed by atoms with Crippen LogP contribution in [0, 0.1) is 18.3 Å². The summed E-state index contributed by atoms with van der Waals surface area (Å²) in [6.45, 7) is 13.8. The Morgan fingerprint density at radius 1 is 1.10 bits per heavy atom. The maximum Gasteiger partial charge on any atom is 0.276 e. The fourth-order valence-corrected chi connectivity index (χ4v) is 5.45. The number of carbonyl (C=O) groups is 2. The fraction of sp³-hybridized carbons (Fsp3) is 0.419. The summed E-state index contributed by atoms with van der Waals surface area (Å²) in [5.74, 6) is 0.440. The van der Waals surface area contributed by atoms with Crippen molar-refractivity contribution in [1.82, 2.24) is 20.5 Å². The Balaban J connectivity index is 0.000000224. The van der Waals surface area contributed by atoms with E-state index in [1.54, 1.807) is 6.07 Å². The van der Waals surface area contributed by atoms with E-state index in [1.807, 2.05) is 57.2 Å². The van der Waals surface area contributed by atoms with Gasteiger partial charge in [0, 0.05) is 35.6 Å². The molecule has 8 nitrogen and oxygen atoms in total. The number of fused-ring (bicyclic) bond motifs is 2. The highest BCUT2D eigenvalue weighted by atomic mass is 32.1. The van der Waals surface area contributed by atoms with Gasteiger partial charge in [-0.15, -0.1) is 11.3 Å². The highest BCUT2D eigenvalue weighted by Gasteiger charge is 2.29. The third-order valence-electron chi connectivity index (χ3n) is 6.72. The molecule has 214 valence electrons. The molecule has 0 fully saturated rings. The quantitative estimate of drug-likeness (QED) is 0.233. The summed E-state index contributed by atoms with van der Waals surface area (Å²) < 4.78 is 0. The predicted molar refractivity (Wildman–Crippen MR) is 165 cm³/mol. The molecule has 3 heterocycles. The minimum absolute atomic E-state index is 0.0519. The smallest absolute Gasteiger partial charge is 0.276 e. The Morgan fingerprint density at radius 3 is 2.45 bits per heavy atom. The number of nitrogens with zero attached hydrogens (tertiary/aromatic N) is 2. The lowest BCUT2D eigenvalue weighted by Gasteiger charge is -2.34. The number of nitrogens with one attached hydrogen (secondary N) is 3. The van der Waals surface area contributed by atoms with E-state index < -0.39 is 0 Å². The Hall–Kier alpha value is -3.56. The lowest BCUT2D eigenvalue weighted by Crippen LogP contribution is -2.28. The number of thiophene rings is 1. The zero-order valence-electron chi connectivity index (χ0n) is 24.4. The van der Waals surface area contributed by atoms with Gasteiger partial charge in [-0.25, -0.2) is 4.98 Å². The van der Waals surface area contributed by atoms with Crippen LogP contribution in [0.3, 0.4) is 0 Å². The normalized spacial score (nSPS) is 14.2. The zero-order valence-corrected chi connectivity index (χ0v) is 25.2. The summed E-state index contributed by atoms with van der Waals surface area (Å²) in [4.78, 5) is 30.2. The van der Waals surface area contributed by atoms with Gasteiger partial charge in [0.1, 0.15) is 4.83 Å². The molecule has 2 amide bonds. The van der Waals surface area contributed by atoms with Crippen molar-refractivity contribution in [1.29, 1.82) is 0 Å². The third kappa shape index (κ3) is 8.22. The number of amides is 2. The number of nitrogens with two attached hydrogens (primary N) is 1. The van der Waals surface area contributed by atoms with E-state index in [0.29, 0.717) is 30.1 Å². The first kappa shape index (κ1) is 31.0. The zero-order chi connectivity index (χ0) is 29.3. The van der Waals surface area contributed by atoms with Crippen LogP contribution in [-0.4, -0.2) is 40.1 Å². The minimum Gasteiger partial charge on any atom is -0.350 e. The van der Waals surface area contributed by atoms with E-state index in [0.717, 1.165) is 39.3 Å². The number of carbonyl (C=O) groups excluding carboxylic acids is 2. The van der Waals surface area contributed by atoms with Crippen molar-refractivity contribution >= 4 is 39.1 Å². The highest BCUT2D eigenvalue weighted by molar-refractivity contribution is 7.20. The average molecular weight is 563 g/mol. The molecule has 0 radical (unpaired) electrons. The fourth-order valence-electron chi connectivity index (χ4n) is 4.50. The molecule has 4 aromatic rings. The van der Waals surface area contributed by atoms with Crippen LogP contribution in [0.1, 0.15) is 78.2 Å². The summed E-state index contributed by atoms with van der Waals surface area (Å²) in [7, 11) is 0. The van der Waals surface area contributed by atoms with Crippen LogP contribution in [0.5, 0.6) is 0 Å². The van der Waals surface area contributed by atoms with Crippen molar-refractivity contribution in [2.45, 2.75) is 60.8 Å². The maximum absolute atomic E-state index is 12.1. The summed E-state index contributed by atoms with van der Waals surface area (Å²) in [5.41, 5.74) is 10.4. The molecule has 0 aliphatic heterocycles. The lowest BCUT2D eigenvalue weighted by atomic mass is 9.71. The molecule has 0 saturated carbocycles. The number of benzene rings is 1. The van der Waals surface area contributed by atoms with E-state index in [-0.39, 0.29) is 11.8 Å². The molecule has 0 bridgehead atoms. The van der Waals surface area contributed by atoms with Crippen LogP contribution < -0.4 is 16.4 Å². The van der Waals surface area contributed by atoms with Crippen molar-refractivity contribution in [3.05, 3.63) is 76.1 Å². The molecule has 5 rings (SSSR count). The molecule has 0 saturated heterocycles. The van der Waals surface area contributed by atoms with Crippen molar-refractivity contribution in [2.24, 2.45) is 17.1 Å². The van der Waals surface area contributed by atoms with Gasteiger partial charge in [-0.2, -0.15) is 5.10 Å². The number of hydrogen-bond donors (Lipinski definition) is 4. The molecule has 5 N–H and O–H groups in total. The van der Waals surface area contributed by atoms with E-state index in [4.69, 9.17) is 10.7 Å². The third-order valence-corrected chi connectivity index (χ3v) is 7.77. The van der Waals surface area contributed by atoms with E-state index in [2.05, 4.69) is 47.7 Å². The SMILES string of the molecule is CC.CC(C)(C)C1CCc2nc3sc(C(=O)NCCN)cc3cc2C1.Cc1cc(C(=O)Nc2ccccc2)n[nH]1. The summed E-state index contributed by atoms with van der Waals surface area (Å²) in [6.07, 6.45) is 3.33. The van der Waals surface area contributed by atoms with Crippen LogP contribution >= 0.6 is 11.3 Å². The Kier molecular flexibility index (Phi) is 11.0. The Bertz CT molecular complexity index is 1400. The van der Waals surface area contributed by atoms with Crippen LogP contribution in [0.25, 0.3) is 10.2 Å². The maximum atomic E-state index is 12.1. The van der Waals surface area contributed by atoms with Gasteiger partial charge in [-0.05, 0) is 73.4 Å². The van der Waals surface area contributed by atoms with E-state index in [1.165, 1.54) is 29.0 Å². The van der Waals surface area contributed by atoms with E-state index >= 15 is 0 Å². The monoisotopic (exact) mass is 562 g/mol. The molecule has 1 aliphatic carbocycles. The highest BCUT2D eigenvalue weighted by Crippen LogP contribution is 2.38. The number of aryl methyl sites for hydroxylation is 2. The van der Waals surface area contributed by atoms with Crippen LogP contribution in [0.2, 0.25) is 0 Å². The number of H-pyrrole nitrogens is 1. The molecule has 1 atom stereocenters.